The highest BCUT2D eigenvalue weighted by molar-refractivity contribution is 5.20. The third-order valence-electron chi connectivity index (χ3n) is 3.84. The van der Waals surface area contributed by atoms with Crippen LogP contribution >= 0.6 is 0 Å². The molecule has 0 spiro atoms. The molecule has 1 aromatic rings. The maximum absolute atomic E-state index is 11.5. The van der Waals surface area contributed by atoms with Crippen LogP contribution < -0.4 is 5.43 Å². The summed E-state index contributed by atoms with van der Waals surface area (Å²) in [6.07, 6.45) is 5.31. The normalized spacial score (nSPS) is 21.1. The zero-order valence-corrected chi connectivity index (χ0v) is 11.2. The summed E-state index contributed by atoms with van der Waals surface area (Å²) in [7, 11) is 0. The molecule has 0 saturated carbocycles. The van der Waals surface area contributed by atoms with Gasteiger partial charge < -0.3 is 9.67 Å². The van der Waals surface area contributed by atoms with Crippen molar-refractivity contribution < 1.29 is 5.11 Å². The van der Waals surface area contributed by atoms with E-state index in [0.29, 0.717) is 6.04 Å². The molecule has 4 heteroatoms. The molecular formula is C14H22N2O2. The van der Waals surface area contributed by atoms with E-state index in [2.05, 4.69) is 11.8 Å². The Balaban J connectivity index is 2.22. The number of aromatic nitrogens is 1. The Morgan fingerprint density at radius 3 is 2.89 bits per heavy atom. The van der Waals surface area contributed by atoms with Crippen LogP contribution in [0.5, 0.6) is 5.75 Å². The lowest BCUT2D eigenvalue weighted by Crippen LogP contribution is -2.37. The molecule has 1 unspecified atom stereocenters. The summed E-state index contributed by atoms with van der Waals surface area (Å²) in [5.74, 6) is -0.160. The molecule has 100 valence electrons. The zero-order chi connectivity index (χ0) is 13.1. The fraction of sp³-hybridized carbons (Fsp3) is 0.643. The Labute approximate surface area is 108 Å². The average molecular weight is 250 g/mol. The molecule has 0 aliphatic carbocycles. The number of hydrogen-bond acceptors (Lipinski definition) is 3. The van der Waals surface area contributed by atoms with Crippen LogP contribution in [0.3, 0.4) is 0 Å². The first kappa shape index (κ1) is 13.1. The van der Waals surface area contributed by atoms with Gasteiger partial charge in [-0.1, -0.05) is 6.42 Å². The van der Waals surface area contributed by atoms with Gasteiger partial charge >= 0.3 is 0 Å². The molecule has 2 heterocycles. The molecule has 4 nitrogen and oxygen atoms in total. The van der Waals surface area contributed by atoms with E-state index in [1.54, 1.807) is 12.3 Å². The minimum absolute atomic E-state index is 0.160. The van der Waals surface area contributed by atoms with Crippen molar-refractivity contribution in [3.8, 4) is 5.75 Å². The first-order valence-electron chi connectivity index (χ1n) is 6.78. The molecular weight excluding hydrogens is 228 g/mol. The fourth-order valence-corrected chi connectivity index (χ4v) is 2.63. The fourth-order valence-electron chi connectivity index (χ4n) is 2.63. The first-order valence-corrected chi connectivity index (χ1v) is 6.78. The quantitative estimate of drug-likeness (QED) is 0.892. The molecule has 1 aliphatic rings. The zero-order valence-electron chi connectivity index (χ0n) is 11.2. The second-order valence-electron chi connectivity index (χ2n) is 5.12. The largest absolute Gasteiger partial charge is 0.503 e. The lowest BCUT2D eigenvalue weighted by Gasteiger charge is -2.33. The smallest absolute Gasteiger partial charge is 0.223 e. The summed E-state index contributed by atoms with van der Waals surface area (Å²) < 4.78 is 1.96. The Kier molecular flexibility index (Phi) is 4.07. The van der Waals surface area contributed by atoms with Gasteiger partial charge in [0.1, 0.15) is 0 Å². The molecule has 1 saturated heterocycles. The van der Waals surface area contributed by atoms with Crippen LogP contribution in [0.15, 0.2) is 17.1 Å². The summed E-state index contributed by atoms with van der Waals surface area (Å²) in [6.45, 7) is 6.93. The van der Waals surface area contributed by atoms with E-state index in [-0.39, 0.29) is 11.2 Å². The number of nitrogens with zero attached hydrogens (tertiary/aromatic N) is 2. The number of piperidine rings is 1. The molecule has 0 radical (unpaired) electrons. The van der Waals surface area contributed by atoms with Crippen molar-refractivity contribution in [3.63, 3.8) is 0 Å². The van der Waals surface area contributed by atoms with Gasteiger partial charge in [0, 0.05) is 30.9 Å². The predicted octanol–water partition coefficient (Wildman–Crippen LogP) is 1.95. The van der Waals surface area contributed by atoms with Crippen molar-refractivity contribution in [2.45, 2.75) is 52.2 Å². The van der Waals surface area contributed by atoms with Crippen LogP contribution in [0.2, 0.25) is 0 Å². The molecule has 0 amide bonds. The molecule has 1 fully saturated rings. The van der Waals surface area contributed by atoms with Gasteiger partial charge in [0.2, 0.25) is 5.43 Å². The molecule has 1 aromatic heterocycles. The first-order chi connectivity index (χ1) is 8.61. The average Bonchev–Trinajstić information content (AvgIpc) is 2.36. The van der Waals surface area contributed by atoms with E-state index in [1.807, 2.05) is 11.5 Å². The molecule has 1 atom stereocenters. The number of aromatic hydroxyl groups is 1. The van der Waals surface area contributed by atoms with E-state index < -0.39 is 0 Å². The number of rotatable bonds is 3. The molecule has 18 heavy (non-hydrogen) atoms. The van der Waals surface area contributed by atoms with Crippen molar-refractivity contribution >= 4 is 0 Å². The summed E-state index contributed by atoms with van der Waals surface area (Å²) in [5.41, 5.74) is 0.716. The van der Waals surface area contributed by atoms with Gasteiger partial charge in [-0.15, -0.1) is 0 Å². The lowest BCUT2D eigenvalue weighted by atomic mass is 10.0. The molecule has 1 aliphatic heterocycles. The maximum Gasteiger partial charge on any atom is 0.223 e. The van der Waals surface area contributed by atoms with Gasteiger partial charge in [-0.05, 0) is 33.2 Å². The number of aryl methyl sites for hydroxylation is 1. The molecule has 0 aromatic carbocycles. The van der Waals surface area contributed by atoms with E-state index in [1.165, 1.54) is 19.3 Å². The third-order valence-corrected chi connectivity index (χ3v) is 3.84. The topological polar surface area (TPSA) is 45.5 Å². The lowest BCUT2D eigenvalue weighted by molar-refractivity contribution is 0.148. The highest BCUT2D eigenvalue weighted by Crippen LogP contribution is 2.19. The van der Waals surface area contributed by atoms with Crippen LogP contribution in [0.4, 0.5) is 0 Å². The summed E-state index contributed by atoms with van der Waals surface area (Å²) in [5, 5.41) is 9.47. The molecule has 1 N–H and O–H groups in total. The minimum Gasteiger partial charge on any atom is -0.503 e. The maximum atomic E-state index is 11.5. The van der Waals surface area contributed by atoms with Crippen LogP contribution in [0, 0.1) is 0 Å². The van der Waals surface area contributed by atoms with Gasteiger partial charge in [-0.25, -0.2) is 0 Å². The van der Waals surface area contributed by atoms with Crippen LogP contribution in [0.25, 0.3) is 0 Å². The number of likely N-dealkylation sites (tertiary alicyclic amines) is 1. The number of hydrogen-bond donors (Lipinski definition) is 1. The Morgan fingerprint density at radius 2 is 2.22 bits per heavy atom. The van der Waals surface area contributed by atoms with E-state index in [9.17, 15) is 9.90 Å². The van der Waals surface area contributed by atoms with Crippen molar-refractivity contribution in [2.75, 3.05) is 6.54 Å². The van der Waals surface area contributed by atoms with Crippen molar-refractivity contribution in [1.82, 2.24) is 9.47 Å². The van der Waals surface area contributed by atoms with Crippen molar-refractivity contribution in [3.05, 3.63) is 28.2 Å². The molecule has 0 bridgehead atoms. The van der Waals surface area contributed by atoms with Crippen LogP contribution in [0.1, 0.15) is 38.8 Å². The van der Waals surface area contributed by atoms with E-state index in [0.717, 1.165) is 25.3 Å². The second kappa shape index (κ2) is 5.57. The Morgan fingerprint density at radius 1 is 1.44 bits per heavy atom. The van der Waals surface area contributed by atoms with Gasteiger partial charge in [-0.2, -0.15) is 0 Å². The highest BCUT2D eigenvalue weighted by Gasteiger charge is 2.19. The van der Waals surface area contributed by atoms with Gasteiger partial charge in [0.25, 0.3) is 0 Å². The SMILES string of the molecule is CCn1cc(O)c(=O)cc1CN1CCCCC1C. The standard InChI is InChI=1S/C14H22N2O2/c1-3-15-10-14(18)13(17)8-12(15)9-16-7-5-4-6-11(16)2/h8,10-11,18H,3-7,9H2,1-2H3. The summed E-state index contributed by atoms with van der Waals surface area (Å²) in [6, 6.07) is 2.15. The predicted molar refractivity (Wildman–Crippen MR) is 71.8 cm³/mol. The van der Waals surface area contributed by atoms with Crippen LogP contribution in [-0.2, 0) is 13.1 Å². The van der Waals surface area contributed by atoms with Gasteiger partial charge in [-0.3, -0.25) is 9.69 Å². The van der Waals surface area contributed by atoms with Gasteiger partial charge in [0.15, 0.2) is 5.75 Å². The number of pyridine rings is 1. The van der Waals surface area contributed by atoms with Crippen molar-refractivity contribution in [1.29, 1.82) is 0 Å². The minimum atomic E-state index is -0.278. The monoisotopic (exact) mass is 250 g/mol. The Bertz CT molecular complexity index is 467. The second-order valence-corrected chi connectivity index (χ2v) is 5.12. The van der Waals surface area contributed by atoms with Crippen molar-refractivity contribution in [2.24, 2.45) is 0 Å². The third kappa shape index (κ3) is 2.75. The Hall–Kier alpha value is -1.29. The van der Waals surface area contributed by atoms with Gasteiger partial charge in [0.05, 0.1) is 6.20 Å². The highest BCUT2D eigenvalue weighted by atomic mass is 16.3. The summed E-state index contributed by atoms with van der Waals surface area (Å²) in [4.78, 5) is 14.0. The molecule has 2 rings (SSSR count). The van der Waals surface area contributed by atoms with Crippen LogP contribution in [-0.4, -0.2) is 27.2 Å². The summed E-state index contributed by atoms with van der Waals surface area (Å²) >= 11 is 0. The van der Waals surface area contributed by atoms with E-state index >= 15 is 0 Å². The van der Waals surface area contributed by atoms with E-state index in [4.69, 9.17) is 0 Å².